The first-order chi connectivity index (χ1) is 10.1. The van der Waals surface area contributed by atoms with Crippen LogP contribution in [0.1, 0.15) is 18.6 Å². The van der Waals surface area contributed by atoms with Crippen LogP contribution in [0.3, 0.4) is 0 Å². The number of nitrogens with one attached hydrogen (secondary N) is 1. The van der Waals surface area contributed by atoms with Gasteiger partial charge >= 0.3 is 6.09 Å². The molecule has 1 unspecified atom stereocenters. The molecule has 2 amide bonds. The normalized spacial score (nSPS) is 19.7. The van der Waals surface area contributed by atoms with E-state index >= 15 is 0 Å². The van der Waals surface area contributed by atoms with Gasteiger partial charge in [-0.25, -0.2) is 4.79 Å². The molecule has 1 fully saturated rings. The van der Waals surface area contributed by atoms with E-state index in [2.05, 4.69) is 10.1 Å². The van der Waals surface area contributed by atoms with Crippen LogP contribution in [0.2, 0.25) is 0 Å². The number of ether oxygens (including phenoxy) is 2. The van der Waals surface area contributed by atoms with Crippen molar-refractivity contribution in [3.8, 4) is 0 Å². The lowest BCUT2D eigenvalue weighted by Crippen LogP contribution is -2.51. The van der Waals surface area contributed by atoms with Gasteiger partial charge < -0.3 is 19.7 Å². The molecule has 114 valence electrons. The van der Waals surface area contributed by atoms with Gasteiger partial charge in [-0.05, 0) is 12.5 Å². The van der Waals surface area contributed by atoms with Crippen molar-refractivity contribution in [2.75, 3.05) is 26.8 Å². The molecule has 6 nitrogen and oxygen atoms in total. The fourth-order valence-electron chi connectivity index (χ4n) is 2.29. The Balaban J connectivity index is 1.97. The summed E-state index contributed by atoms with van der Waals surface area (Å²) in [6.07, 6.45) is -0.738. The van der Waals surface area contributed by atoms with Gasteiger partial charge in [0.15, 0.2) is 0 Å². The number of amides is 2. The summed E-state index contributed by atoms with van der Waals surface area (Å²) in [5.74, 6) is -0.135. The first-order valence-electron chi connectivity index (χ1n) is 6.91. The molecule has 1 saturated heterocycles. The lowest BCUT2D eigenvalue weighted by atomic mass is 10.1. The van der Waals surface area contributed by atoms with Crippen LogP contribution in [0.15, 0.2) is 30.3 Å². The lowest BCUT2D eigenvalue weighted by molar-refractivity contribution is -0.140. The predicted molar refractivity (Wildman–Crippen MR) is 76.7 cm³/mol. The van der Waals surface area contributed by atoms with Crippen molar-refractivity contribution in [1.29, 1.82) is 0 Å². The fraction of sp³-hybridized carbons (Fsp3) is 0.467. The topological polar surface area (TPSA) is 67.9 Å². The molecule has 21 heavy (non-hydrogen) atoms. The summed E-state index contributed by atoms with van der Waals surface area (Å²) in [4.78, 5) is 25.2. The molecule has 1 heterocycles. The monoisotopic (exact) mass is 292 g/mol. The molecule has 2 rings (SSSR count). The maximum Gasteiger partial charge on any atom is 0.407 e. The molecular weight excluding hydrogens is 272 g/mol. The number of carbonyl (C=O) groups excluding carboxylic acids is 2. The smallest absolute Gasteiger partial charge is 0.407 e. The number of nitrogens with zero attached hydrogens (tertiary/aromatic N) is 1. The van der Waals surface area contributed by atoms with Gasteiger partial charge in [0.2, 0.25) is 5.91 Å². The third-order valence-corrected chi connectivity index (χ3v) is 3.44. The molecule has 2 atom stereocenters. The SMILES string of the molecule is COC(=O)N[C@H](C)C(=O)N1CCOC(c2ccccc2)C1. The summed E-state index contributed by atoms with van der Waals surface area (Å²) < 4.78 is 10.2. The number of hydrogen-bond donors (Lipinski definition) is 1. The number of morpholine rings is 1. The van der Waals surface area contributed by atoms with E-state index in [0.717, 1.165) is 5.56 Å². The Morgan fingerprint density at radius 3 is 2.76 bits per heavy atom. The lowest BCUT2D eigenvalue weighted by Gasteiger charge is -2.34. The van der Waals surface area contributed by atoms with Gasteiger partial charge in [-0.2, -0.15) is 0 Å². The molecule has 1 aliphatic rings. The van der Waals surface area contributed by atoms with Gasteiger partial charge in [-0.3, -0.25) is 4.79 Å². The molecule has 0 radical (unpaired) electrons. The Labute approximate surface area is 124 Å². The van der Waals surface area contributed by atoms with Crippen molar-refractivity contribution in [3.63, 3.8) is 0 Å². The summed E-state index contributed by atoms with van der Waals surface area (Å²) in [6, 6.07) is 9.18. The van der Waals surface area contributed by atoms with Crippen LogP contribution in [-0.4, -0.2) is 49.7 Å². The van der Waals surface area contributed by atoms with E-state index in [1.165, 1.54) is 7.11 Å². The molecule has 6 heteroatoms. The highest BCUT2D eigenvalue weighted by Gasteiger charge is 2.28. The first-order valence-corrected chi connectivity index (χ1v) is 6.91. The fourth-order valence-corrected chi connectivity index (χ4v) is 2.29. The van der Waals surface area contributed by atoms with E-state index in [1.807, 2.05) is 30.3 Å². The summed E-state index contributed by atoms with van der Waals surface area (Å²) in [5, 5.41) is 2.49. The van der Waals surface area contributed by atoms with Crippen LogP contribution >= 0.6 is 0 Å². The summed E-state index contributed by atoms with van der Waals surface area (Å²) in [6.45, 7) is 3.13. The third kappa shape index (κ3) is 3.95. The maximum atomic E-state index is 12.3. The molecular formula is C15H20N2O4. The van der Waals surface area contributed by atoms with Crippen molar-refractivity contribution < 1.29 is 19.1 Å². The van der Waals surface area contributed by atoms with Crippen molar-refractivity contribution in [2.24, 2.45) is 0 Å². The number of alkyl carbamates (subject to hydrolysis) is 1. The molecule has 0 saturated carbocycles. The quantitative estimate of drug-likeness (QED) is 0.912. The standard InChI is InChI=1S/C15H20N2O4/c1-11(16-15(19)20-2)14(18)17-8-9-21-13(10-17)12-6-4-3-5-7-12/h3-7,11,13H,8-10H2,1-2H3,(H,16,19)/t11-,13?/m1/s1. The molecule has 1 aromatic carbocycles. The zero-order valence-electron chi connectivity index (χ0n) is 12.2. The van der Waals surface area contributed by atoms with Crippen molar-refractivity contribution in [3.05, 3.63) is 35.9 Å². The van der Waals surface area contributed by atoms with Crippen LogP contribution < -0.4 is 5.32 Å². The highest BCUT2D eigenvalue weighted by molar-refractivity contribution is 5.85. The minimum Gasteiger partial charge on any atom is -0.453 e. The molecule has 1 N–H and O–H groups in total. The molecule has 0 aromatic heterocycles. The largest absolute Gasteiger partial charge is 0.453 e. The van der Waals surface area contributed by atoms with Crippen LogP contribution in [-0.2, 0) is 14.3 Å². The Hall–Kier alpha value is -2.08. The molecule has 0 spiro atoms. The Morgan fingerprint density at radius 2 is 2.10 bits per heavy atom. The van der Waals surface area contributed by atoms with Gasteiger partial charge in [0.25, 0.3) is 0 Å². The van der Waals surface area contributed by atoms with Gasteiger partial charge in [0.05, 0.1) is 20.3 Å². The highest BCUT2D eigenvalue weighted by Crippen LogP contribution is 2.22. The van der Waals surface area contributed by atoms with Crippen LogP contribution in [0.5, 0.6) is 0 Å². The molecule has 0 bridgehead atoms. The van der Waals surface area contributed by atoms with Crippen molar-refractivity contribution in [1.82, 2.24) is 10.2 Å². The maximum absolute atomic E-state index is 12.3. The van der Waals surface area contributed by atoms with E-state index in [-0.39, 0.29) is 12.0 Å². The second kappa shape index (κ2) is 7.08. The number of benzene rings is 1. The minimum absolute atomic E-state index is 0.130. The Morgan fingerprint density at radius 1 is 1.38 bits per heavy atom. The second-order valence-corrected chi connectivity index (χ2v) is 4.91. The summed E-state index contributed by atoms with van der Waals surface area (Å²) >= 11 is 0. The van der Waals surface area contributed by atoms with E-state index in [4.69, 9.17) is 4.74 Å². The average molecular weight is 292 g/mol. The van der Waals surface area contributed by atoms with Crippen molar-refractivity contribution >= 4 is 12.0 Å². The van der Waals surface area contributed by atoms with Crippen LogP contribution in [0.25, 0.3) is 0 Å². The predicted octanol–water partition coefficient (Wildman–Crippen LogP) is 1.33. The molecule has 1 aliphatic heterocycles. The zero-order chi connectivity index (χ0) is 15.2. The minimum atomic E-state index is -0.619. The molecule has 0 aliphatic carbocycles. The Bertz CT molecular complexity index is 492. The van der Waals surface area contributed by atoms with Crippen LogP contribution in [0.4, 0.5) is 4.79 Å². The number of carbonyl (C=O) groups is 2. The van der Waals surface area contributed by atoms with Gasteiger partial charge in [0.1, 0.15) is 12.1 Å². The second-order valence-electron chi connectivity index (χ2n) is 4.91. The van der Waals surface area contributed by atoms with Gasteiger partial charge in [-0.15, -0.1) is 0 Å². The van der Waals surface area contributed by atoms with E-state index in [0.29, 0.717) is 19.7 Å². The highest BCUT2D eigenvalue weighted by atomic mass is 16.5. The first kappa shape index (κ1) is 15.3. The zero-order valence-corrected chi connectivity index (χ0v) is 12.2. The van der Waals surface area contributed by atoms with Crippen molar-refractivity contribution in [2.45, 2.75) is 19.1 Å². The third-order valence-electron chi connectivity index (χ3n) is 3.44. The van der Waals surface area contributed by atoms with Gasteiger partial charge in [0, 0.05) is 6.54 Å². The number of hydrogen-bond acceptors (Lipinski definition) is 4. The average Bonchev–Trinajstić information content (AvgIpc) is 2.54. The van der Waals surface area contributed by atoms with E-state index in [1.54, 1.807) is 11.8 Å². The number of methoxy groups -OCH3 is 1. The summed E-state index contributed by atoms with van der Waals surface area (Å²) in [5.41, 5.74) is 1.04. The van der Waals surface area contributed by atoms with Crippen LogP contribution in [0, 0.1) is 0 Å². The molecule has 1 aromatic rings. The van der Waals surface area contributed by atoms with E-state index in [9.17, 15) is 9.59 Å². The Kier molecular flexibility index (Phi) is 5.16. The van der Waals surface area contributed by atoms with E-state index < -0.39 is 12.1 Å². The van der Waals surface area contributed by atoms with Gasteiger partial charge in [-0.1, -0.05) is 30.3 Å². The number of rotatable bonds is 3. The summed E-state index contributed by atoms with van der Waals surface area (Å²) in [7, 11) is 1.27.